The van der Waals surface area contributed by atoms with Crippen molar-refractivity contribution in [1.29, 1.82) is 0 Å². The molecule has 0 fully saturated rings. The zero-order chi connectivity index (χ0) is 4.50. The van der Waals surface area contributed by atoms with Gasteiger partial charge in [0.25, 0.3) is 10.1 Å². The van der Waals surface area contributed by atoms with Crippen LogP contribution in [0.1, 0.15) is 0 Å². The quantitative estimate of drug-likeness (QED) is 0.445. The molecule has 3 nitrogen and oxygen atoms in total. The van der Waals surface area contributed by atoms with E-state index in [9.17, 15) is 8.42 Å². The summed E-state index contributed by atoms with van der Waals surface area (Å²) < 4.78 is 25.9. The maximum absolute atomic E-state index is 9.19. The van der Waals surface area contributed by atoms with E-state index in [4.69, 9.17) is 4.55 Å². The fourth-order valence-electron chi connectivity index (χ4n) is 0. The van der Waals surface area contributed by atoms with Crippen LogP contribution in [0.4, 0.5) is 0 Å². The van der Waals surface area contributed by atoms with Crippen molar-refractivity contribution in [2.75, 3.05) is 6.26 Å². The van der Waals surface area contributed by atoms with Crippen molar-refractivity contribution >= 4 is 57.9 Å². The minimum Gasteiger partial charge on any atom is -0.286 e. The van der Waals surface area contributed by atoms with Gasteiger partial charge in [-0.2, -0.15) is 8.42 Å². The van der Waals surface area contributed by atoms with Crippen LogP contribution >= 0.6 is 0 Å². The third-order valence-electron chi connectivity index (χ3n) is 0. The molecule has 0 rings (SSSR count). The van der Waals surface area contributed by atoms with Crippen molar-refractivity contribution in [2.45, 2.75) is 0 Å². The molecule has 0 heterocycles. The maximum Gasteiger partial charge on any atom is 0.261 e. The van der Waals surface area contributed by atoms with Gasteiger partial charge >= 0.3 is 0 Å². The normalized spacial score (nSPS) is 8.29. The van der Waals surface area contributed by atoms with Gasteiger partial charge in [-0.3, -0.25) is 4.55 Å². The average Bonchev–Trinajstić information content (AvgIpc) is 0.722. The minimum absolute atomic E-state index is 0. The summed E-state index contributed by atoms with van der Waals surface area (Å²) in [6.07, 6.45) is 0.715. The van der Waals surface area contributed by atoms with Gasteiger partial charge in [0.2, 0.25) is 0 Å². The van der Waals surface area contributed by atoms with Crippen LogP contribution < -0.4 is 0 Å². The van der Waals surface area contributed by atoms with E-state index in [1.54, 1.807) is 0 Å². The SMILES string of the molecule is CS(=O)(=O)O.[Sn].[Sn]. The first-order chi connectivity index (χ1) is 2.00. The third kappa shape index (κ3) is 100. The van der Waals surface area contributed by atoms with Crippen molar-refractivity contribution in [2.24, 2.45) is 0 Å². The zero-order valence-electron chi connectivity index (χ0n) is 3.67. The van der Waals surface area contributed by atoms with Crippen LogP contribution in [0.3, 0.4) is 0 Å². The maximum atomic E-state index is 9.19. The number of hydrogen-bond acceptors (Lipinski definition) is 2. The second-order valence-electron chi connectivity index (χ2n) is 0.733. The van der Waals surface area contributed by atoms with Gasteiger partial charge in [-0.05, 0) is 0 Å². The van der Waals surface area contributed by atoms with Gasteiger partial charge in [0.1, 0.15) is 0 Å². The summed E-state index contributed by atoms with van der Waals surface area (Å²) in [5.41, 5.74) is 0. The van der Waals surface area contributed by atoms with Crippen molar-refractivity contribution in [3.63, 3.8) is 0 Å². The monoisotopic (exact) mass is 336 g/mol. The molecule has 8 radical (unpaired) electrons. The molecule has 0 aliphatic carbocycles. The Morgan fingerprint density at radius 3 is 1.29 bits per heavy atom. The fourth-order valence-corrected chi connectivity index (χ4v) is 0. The minimum atomic E-state index is -3.67. The summed E-state index contributed by atoms with van der Waals surface area (Å²) in [5.74, 6) is 0. The fraction of sp³-hybridized carbons (Fsp3) is 1.00. The first-order valence-corrected chi connectivity index (χ1v) is 2.77. The average molecular weight is 334 g/mol. The summed E-state index contributed by atoms with van der Waals surface area (Å²) >= 11 is 0. The van der Waals surface area contributed by atoms with Crippen LogP contribution in [0.5, 0.6) is 0 Å². The van der Waals surface area contributed by atoms with Gasteiger partial charge in [-0.25, -0.2) is 0 Å². The molecular formula is CH4O3SSn2. The van der Waals surface area contributed by atoms with E-state index in [2.05, 4.69) is 0 Å². The molecule has 6 heteroatoms. The van der Waals surface area contributed by atoms with E-state index in [1.807, 2.05) is 0 Å². The second-order valence-corrected chi connectivity index (χ2v) is 2.20. The summed E-state index contributed by atoms with van der Waals surface area (Å²) in [4.78, 5) is 0. The molecule has 0 amide bonds. The molecular weight excluding hydrogens is 329 g/mol. The van der Waals surface area contributed by atoms with Crippen molar-refractivity contribution in [1.82, 2.24) is 0 Å². The molecule has 0 atom stereocenters. The van der Waals surface area contributed by atoms with E-state index in [0.717, 1.165) is 0 Å². The van der Waals surface area contributed by atoms with Crippen LogP contribution in [0.2, 0.25) is 0 Å². The Morgan fingerprint density at radius 2 is 1.29 bits per heavy atom. The Kier molecular flexibility index (Phi) is 12.7. The molecule has 0 unspecified atom stereocenters. The predicted molar refractivity (Wildman–Crippen MR) is 29.0 cm³/mol. The van der Waals surface area contributed by atoms with Gasteiger partial charge in [-0.15, -0.1) is 0 Å². The Balaban J connectivity index is -0.0000000800. The van der Waals surface area contributed by atoms with Crippen molar-refractivity contribution < 1.29 is 13.0 Å². The van der Waals surface area contributed by atoms with E-state index in [0.29, 0.717) is 6.26 Å². The molecule has 40 valence electrons. The molecule has 0 bridgehead atoms. The van der Waals surface area contributed by atoms with Crippen LogP contribution in [0.25, 0.3) is 0 Å². The molecule has 7 heavy (non-hydrogen) atoms. The topological polar surface area (TPSA) is 54.4 Å². The van der Waals surface area contributed by atoms with E-state index in [1.165, 1.54) is 0 Å². The predicted octanol–water partition coefficient (Wildman–Crippen LogP) is -1.26. The first-order valence-electron chi connectivity index (χ1n) is 0.924. The largest absolute Gasteiger partial charge is 0.286 e. The smallest absolute Gasteiger partial charge is 0.261 e. The van der Waals surface area contributed by atoms with Gasteiger partial charge in [0.05, 0.1) is 6.26 Å². The van der Waals surface area contributed by atoms with Gasteiger partial charge in [-0.1, -0.05) is 0 Å². The van der Waals surface area contributed by atoms with Crippen LogP contribution in [-0.2, 0) is 10.1 Å². The van der Waals surface area contributed by atoms with Crippen LogP contribution in [0.15, 0.2) is 0 Å². The first kappa shape index (κ1) is 15.8. The molecule has 0 aliphatic rings. The molecule has 0 aromatic heterocycles. The summed E-state index contributed by atoms with van der Waals surface area (Å²) in [7, 11) is -3.67. The molecule has 1 N–H and O–H groups in total. The van der Waals surface area contributed by atoms with Crippen LogP contribution in [0, 0.1) is 0 Å². The van der Waals surface area contributed by atoms with Gasteiger partial charge in [0.15, 0.2) is 0 Å². The Hall–Kier alpha value is 1.51. The van der Waals surface area contributed by atoms with Gasteiger partial charge in [0, 0.05) is 47.8 Å². The Labute approximate surface area is 76.5 Å². The number of rotatable bonds is 0. The van der Waals surface area contributed by atoms with Gasteiger partial charge < -0.3 is 0 Å². The Morgan fingerprint density at radius 1 is 1.29 bits per heavy atom. The van der Waals surface area contributed by atoms with Crippen molar-refractivity contribution in [3.8, 4) is 0 Å². The number of hydrogen-bond donors (Lipinski definition) is 1. The van der Waals surface area contributed by atoms with E-state index < -0.39 is 10.1 Å². The molecule has 0 saturated heterocycles. The zero-order valence-corrected chi connectivity index (χ0v) is 10.2. The van der Waals surface area contributed by atoms with Crippen molar-refractivity contribution in [3.05, 3.63) is 0 Å². The molecule has 0 aromatic carbocycles. The molecule has 0 aromatic rings. The summed E-state index contributed by atoms with van der Waals surface area (Å²) in [6.45, 7) is 0. The van der Waals surface area contributed by atoms with E-state index in [-0.39, 0.29) is 47.8 Å². The van der Waals surface area contributed by atoms with E-state index >= 15 is 0 Å². The molecule has 0 spiro atoms. The second kappa shape index (κ2) is 5.64. The summed E-state index contributed by atoms with van der Waals surface area (Å²) in [6, 6.07) is 0. The summed E-state index contributed by atoms with van der Waals surface area (Å²) in [5, 5.41) is 0. The molecule has 0 aliphatic heterocycles. The molecule has 0 saturated carbocycles. The Bertz CT molecular complexity index is 96.1. The standard InChI is InChI=1S/CH4O3S.2Sn/c1-5(2,3)4;;/h1H3,(H,2,3,4);;. The third-order valence-corrected chi connectivity index (χ3v) is 0. The van der Waals surface area contributed by atoms with Crippen LogP contribution in [-0.4, -0.2) is 67.0 Å².